The van der Waals surface area contributed by atoms with Gasteiger partial charge < -0.3 is 4.74 Å². The second kappa shape index (κ2) is 5.88. The van der Waals surface area contributed by atoms with Crippen molar-refractivity contribution in [2.75, 3.05) is 7.11 Å². The maximum Gasteiger partial charge on any atom is 0.213 e. The molecule has 0 unspecified atom stereocenters. The molecule has 0 aliphatic heterocycles. The van der Waals surface area contributed by atoms with Crippen LogP contribution in [0.4, 0.5) is 0 Å². The Labute approximate surface area is 132 Å². The van der Waals surface area contributed by atoms with Crippen LogP contribution in [0.2, 0.25) is 0 Å². The van der Waals surface area contributed by atoms with Crippen LogP contribution in [0.1, 0.15) is 34.4 Å². The van der Waals surface area contributed by atoms with Gasteiger partial charge in [0.2, 0.25) is 4.96 Å². The van der Waals surface area contributed by atoms with Gasteiger partial charge in [-0.1, -0.05) is 18.3 Å². The number of fused-ring (bicyclic) bond motifs is 1. The Morgan fingerprint density at radius 1 is 1.41 bits per heavy atom. The van der Waals surface area contributed by atoms with Crippen molar-refractivity contribution in [1.29, 1.82) is 0 Å². The van der Waals surface area contributed by atoms with E-state index in [1.54, 1.807) is 11.6 Å². The number of carbonyl (C=O) groups excluding carboxylic acids is 1. The third-order valence-electron chi connectivity index (χ3n) is 3.52. The fourth-order valence-electron chi connectivity index (χ4n) is 2.46. The number of imidazole rings is 1. The zero-order valence-electron chi connectivity index (χ0n) is 12.8. The highest BCUT2D eigenvalue weighted by atomic mass is 32.1. The summed E-state index contributed by atoms with van der Waals surface area (Å²) in [6.45, 7) is 4.08. The van der Waals surface area contributed by atoms with Crippen molar-refractivity contribution in [3.8, 4) is 17.0 Å². The summed E-state index contributed by atoms with van der Waals surface area (Å²) < 4.78 is 6.92. The van der Waals surface area contributed by atoms with Crippen LogP contribution < -0.4 is 4.74 Å². The van der Waals surface area contributed by atoms with Crippen LogP contribution in [-0.2, 0) is 6.42 Å². The largest absolute Gasteiger partial charge is 0.496 e. The lowest BCUT2D eigenvalue weighted by molar-refractivity contribution is 0.111. The Morgan fingerprint density at radius 3 is 2.86 bits per heavy atom. The third-order valence-corrected chi connectivity index (χ3v) is 4.49. The van der Waals surface area contributed by atoms with Crippen LogP contribution in [0, 0.1) is 6.92 Å². The number of benzene rings is 1. The number of rotatable bonds is 5. The molecule has 6 heteroatoms. The van der Waals surface area contributed by atoms with Crippen LogP contribution in [-0.4, -0.2) is 28.0 Å². The number of ether oxygens (including phenoxy) is 1. The van der Waals surface area contributed by atoms with E-state index in [-0.39, 0.29) is 0 Å². The van der Waals surface area contributed by atoms with Gasteiger partial charge in [-0.05, 0) is 37.1 Å². The number of hydrogen-bond donors (Lipinski definition) is 0. The monoisotopic (exact) mass is 315 g/mol. The van der Waals surface area contributed by atoms with Gasteiger partial charge in [-0.15, -0.1) is 0 Å². The molecule has 0 fully saturated rings. The minimum atomic E-state index is 0.498. The molecule has 2 heterocycles. The third kappa shape index (κ3) is 2.39. The molecule has 0 bridgehead atoms. The molecular formula is C16H17N3O2S. The van der Waals surface area contributed by atoms with E-state index < -0.39 is 0 Å². The second-order valence-electron chi connectivity index (χ2n) is 5.09. The Hall–Kier alpha value is -2.21. The Balaban J connectivity index is 2.12. The minimum Gasteiger partial charge on any atom is -0.496 e. The number of aldehydes is 1. The molecule has 0 atom stereocenters. The van der Waals surface area contributed by atoms with E-state index in [0.717, 1.165) is 46.0 Å². The summed E-state index contributed by atoms with van der Waals surface area (Å²) >= 11 is 1.54. The summed E-state index contributed by atoms with van der Waals surface area (Å²) in [5.41, 5.74) is 3.07. The summed E-state index contributed by atoms with van der Waals surface area (Å²) in [7, 11) is 1.64. The predicted octanol–water partition coefficient (Wildman–Crippen LogP) is 3.54. The van der Waals surface area contributed by atoms with Crippen LogP contribution in [0.3, 0.4) is 0 Å². The first-order valence-corrected chi connectivity index (χ1v) is 7.98. The zero-order chi connectivity index (χ0) is 15.7. The standard InChI is InChI=1S/C16H17N3O2S/c1-4-5-14-18-19-12(9-20)15(17-16(19)22-14)11-6-7-13(21-3)10(2)8-11/h6-9H,4-5H2,1-3H3. The van der Waals surface area contributed by atoms with E-state index in [4.69, 9.17) is 4.74 Å². The molecular weight excluding hydrogens is 298 g/mol. The number of nitrogens with zero attached hydrogens (tertiary/aromatic N) is 3. The van der Waals surface area contributed by atoms with Crippen molar-refractivity contribution in [2.24, 2.45) is 0 Å². The van der Waals surface area contributed by atoms with E-state index in [1.165, 1.54) is 11.3 Å². The van der Waals surface area contributed by atoms with Crippen LogP contribution in [0.5, 0.6) is 5.75 Å². The van der Waals surface area contributed by atoms with Crippen molar-refractivity contribution < 1.29 is 9.53 Å². The number of aryl methyl sites for hydroxylation is 2. The highest BCUT2D eigenvalue weighted by molar-refractivity contribution is 7.16. The molecule has 0 amide bonds. The Kier molecular flexibility index (Phi) is 3.94. The van der Waals surface area contributed by atoms with Crippen molar-refractivity contribution in [2.45, 2.75) is 26.7 Å². The zero-order valence-corrected chi connectivity index (χ0v) is 13.6. The average Bonchev–Trinajstić information content (AvgIpc) is 3.04. The van der Waals surface area contributed by atoms with Crippen molar-refractivity contribution >= 4 is 22.6 Å². The van der Waals surface area contributed by atoms with Gasteiger partial charge in [0, 0.05) is 12.0 Å². The summed E-state index contributed by atoms with van der Waals surface area (Å²) in [5.74, 6) is 0.820. The molecule has 0 aliphatic carbocycles. The van der Waals surface area contributed by atoms with Crippen molar-refractivity contribution in [3.63, 3.8) is 0 Å². The maximum atomic E-state index is 11.5. The van der Waals surface area contributed by atoms with Gasteiger partial charge in [-0.25, -0.2) is 4.98 Å². The van der Waals surface area contributed by atoms with E-state index in [9.17, 15) is 4.79 Å². The molecule has 2 aromatic heterocycles. The summed E-state index contributed by atoms with van der Waals surface area (Å²) in [6.07, 6.45) is 2.76. The Morgan fingerprint density at radius 2 is 2.23 bits per heavy atom. The van der Waals surface area contributed by atoms with Crippen LogP contribution in [0.25, 0.3) is 16.2 Å². The lowest BCUT2D eigenvalue weighted by atomic mass is 10.1. The SMILES string of the molecule is CCCc1nn2c(C=O)c(-c3ccc(OC)c(C)c3)nc2s1. The van der Waals surface area contributed by atoms with Gasteiger partial charge in [-0.2, -0.15) is 9.61 Å². The van der Waals surface area contributed by atoms with Gasteiger partial charge in [0.05, 0.1) is 7.11 Å². The molecule has 3 aromatic rings. The first kappa shape index (κ1) is 14.7. The molecule has 114 valence electrons. The molecule has 0 saturated carbocycles. The van der Waals surface area contributed by atoms with E-state index in [0.29, 0.717) is 11.4 Å². The van der Waals surface area contributed by atoms with Gasteiger partial charge in [-0.3, -0.25) is 4.79 Å². The first-order chi connectivity index (χ1) is 10.7. The van der Waals surface area contributed by atoms with Crippen molar-refractivity contribution in [1.82, 2.24) is 14.6 Å². The molecule has 0 aliphatic rings. The predicted molar refractivity (Wildman–Crippen MR) is 87.0 cm³/mol. The fraction of sp³-hybridized carbons (Fsp3) is 0.312. The normalized spacial score (nSPS) is 11.0. The van der Waals surface area contributed by atoms with E-state index >= 15 is 0 Å². The maximum absolute atomic E-state index is 11.5. The average molecular weight is 315 g/mol. The molecule has 0 N–H and O–H groups in total. The minimum absolute atomic E-state index is 0.498. The van der Waals surface area contributed by atoms with Crippen LogP contribution >= 0.6 is 11.3 Å². The molecule has 22 heavy (non-hydrogen) atoms. The van der Waals surface area contributed by atoms with Gasteiger partial charge >= 0.3 is 0 Å². The number of hydrogen-bond acceptors (Lipinski definition) is 5. The van der Waals surface area contributed by atoms with Crippen molar-refractivity contribution in [3.05, 3.63) is 34.5 Å². The first-order valence-electron chi connectivity index (χ1n) is 7.16. The highest BCUT2D eigenvalue weighted by Gasteiger charge is 2.17. The van der Waals surface area contributed by atoms with Gasteiger partial charge in [0.15, 0.2) is 6.29 Å². The molecule has 0 saturated heterocycles. The number of carbonyl (C=O) groups is 1. The smallest absolute Gasteiger partial charge is 0.213 e. The highest BCUT2D eigenvalue weighted by Crippen LogP contribution is 2.29. The number of aromatic nitrogens is 3. The molecule has 3 rings (SSSR count). The van der Waals surface area contributed by atoms with E-state index in [1.807, 2.05) is 25.1 Å². The van der Waals surface area contributed by atoms with Crippen LogP contribution in [0.15, 0.2) is 18.2 Å². The Bertz CT molecular complexity index is 835. The quantitative estimate of drug-likeness (QED) is 0.676. The lowest BCUT2D eigenvalue weighted by Gasteiger charge is -2.06. The van der Waals surface area contributed by atoms with Gasteiger partial charge in [0.1, 0.15) is 22.1 Å². The van der Waals surface area contributed by atoms with E-state index in [2.05, 4.69) is 17.0 Å². The summed E-state index contributed by atoms with van der Waals surface area (Å²) in [4.78, 5) is 16.9. The number of methoxy groups -OCH3 is 1. The summed E-state index contributed by atoms with van der Waals surface area (Å²) in [6, 6.07) is 5.78. The fourth-order valence-corrected chi connectivity index (χ4v) is 3.46. The molecule has 5 nitrogen and oxygen atoms in total. The van der Waals surface area contributed by atoms with Gasteiger partial charge in [0.25, 0.3) is 0 Å². The molecule has 0 spiro atoms. The molecule has 0 radical (unpaired) electrons. The molecule has 1 aromatic carbocycles. The lowest BCUT2D eigenvalue weighted by Crippen LogP contribution is -1.96. The summed E-state index contributed by atoms with van der Waals surface area (Å²) in [5, 5.41) is 5.50. The second-order valence-corrected chi connectivity index (χ2v) is 6.13. The topological polar surface area (TPSA) is 56.5 Å².